The summed E-state index contributed by atoms with van der Waals surface area (Å²) in [5.41, 5.74) is 0.951. The van der Waals surface area contributed by atoms with E-state index in [-0.39, 0.29) is 17.3 Å². The Balaban J connectivity index is 3.34. The van der Waals surface area contributed by atoms with Crippen molar-refractivity contribution in [3.05, 3.63) is 46.5 Å². The quantitative estimate of drug-likeness (QED) is 0.648. The largest absolute Gasteiger partial charge is 0.355 e. The second-order valence-electron chi connectivity index (χ2n) is 3.38. The van der Waals surface area contributed by atoms with Gasteiger partial charge in [-0.25, -0.2) is 0 Å². The molecule has 1 aromatic rings. The first-order valence-corrected chi connectivity index (χ1v) is 5.07. The molecule has 3 nitrogen and oxygen atoms in total. The second-order valence-corrected chi connectivity index (χ2v) is 3.81. The molecule has 16 heavy (non-hydrogen) atoms. The third-order valence-electron chi connectivity index (χ3n) is 2.09. The molecule has 0 aromatic heterocycles. The fourth-order valence-electron chi connectivity index (χ4n) is 1.27. The van der Waals surface area contributed by atoms with E-state index in [1.165, 1.54) is 19.2 Å². The highest BCUT2D eigenvalue weighted by Gasteiger charge is 2.16. The number of halogens is 1. The SMILES string of the molecule is C=C(C)C(=O)c1cc(Cl)ccc1C(=O)NC. The number of carbonyl (C=O) groups is 2. The average molecular weight is 238 g/mol. The maximum Gasteiger partial charge on any atom is 0.251 e. The Morgan fingerprint density at radius 1 is 1.31 bits per heavy atom. The number of amides is 1. The summed E-state index contributed by atoms with van der Waals surface area (Å²) in [7, 11) is 1.51. The predicted molar refractivity (Wildman–Crippen MR) is 64.0 cm³/mol. The number of carbonyl (C=O) groups excluding carboxylic acids is 2. The summed E-state index contributed by atoms with van der Waals surface area (Å²) >= 11 is 5.80. The normalized spacial score (nSPS) is 9.69. The van der Waals surface area contributed by atoms with Gasteiger partial charge < -0.3 is 5.32 Å². The van der Waals surface area contributed by atoms with Gasteiger partial charge in [-0.3, -0.25) is 9.59 Å². The van der Waals surface area contributed by atoms with Crippen LogP contribution in [-0.2, 0) is 0 Å². The molecular weight excluding hydrogens is 226 g/mol. The number of benzene rings is 1. The predicted octanol–water partition coefficient (Wildman–Crippen LogP) is 2.46. The number of hydrogen-bond acceptors (Lipinski definition) is 2. The van der Waals surface area contributed by atoms with E-state index < -0.39 is 0 Å². The summed E-state index contributed by atoms with van der Waals surface area (Å²) in [5, 5.41) is 2.89. The zero-order valence-electron chi connectivity index (χ0n) is 9.13. The molecule has 0 spiro atoms. The van der Waals surface area contributed by atoms with E-state index in [0.29, 0.717) is 16.2 Å². The molecule has 0 saturated heterocycles. The number of Topliss-reactive ketones (excluding diaryl/α,β-unsaturated/α-hetero) is 1. The van der Waals surface area contributed by atoms with Gasteiger partial charge in [-0.15, -0.1) is 0 Å². The Morgan fingerprint density at radius 2 is 1.94 bits per heavy atom. The molecule has 0 aliphatic carbocycles. The number of ketones is 1. The average Bonchev–Trinajstić information content (AvgIpc) is 2.26. The molecule has 0 aliphatic rings. The van der Waals surface area contributed by atoms with Gasteiger partial charge >= 0.3 is 0 Å². The first-order chi connectivity index (χ1) is 7.47. The van der Waals surface area contributed by atoms with Crippen LogP contribution in [0.1, 0.15) is 27.6 Å². The number of rotatable bonds is 3. The van der Waals surface area contributed by atoms with Gasteiger partial charge in [0.05, 0.1) is 5.56 Å². The van der Waals surface area contributed by atoms with Crippen molar-refractivity contribution in [3.8, 4) is 0 Å². The van der Waals surface area contributed by atoms with Gasteiger partial charge in [-0.2, -0.15) is 0 Å². The summed E-state index contributed by atoms with van der Waals surface area (Å²) in [6.07, 6.45) is 0. The van der Waals surface area contributed by atoms with Crippen LogP contribution in [0.5, 0.6) is 0 Å². The monoisotopic (exact) mass is 237 g/mol. The van der Waals surface area contributed by atoms with Crippen LogP contribution in [0, 0.1) is 0 Å². The van der Waals surface area contributed by atoms with Crippen LogP contribution in [0.15, 0.2) is 30.4 Å². The van der Waals surface area contributed by atoms with E-state index in [1.54, 1.807) is 13.0 Å². The minimum Gasteiger partial charge on any atom is -0.355 e. The molecule has 0 aliphatic heterocycles. The number of hydrogen-bond donors (Lipinski definition) is 1. The minimum absolute atomic E-state index is 0.277. The smallest absolute Gasteiger partial charge is 0.251 e. The maximum absolute atomic E-state index is 11.8. The molecule has 1 amide bonds. The zero-order chi connectivity index (χ0) is 12.3. The zero-order valence-corrected chi connectivity index (χ0v) is 9.89. The van der Waals surface area contributed by atoms with E-state index in [0.717, 1.165) is 0 Å². The van der Waals surface area contributed by atoms with Crippen molar-refractivity contribution in [3.63, 3.8) is 0 Å². The molecular formula is C12H12ClNO2. The highest BCUT2D eigenvalue weighted by Crippen LogP contribution is 2.18. The van der Waals surface area contributed by atoms with Crippen LogP contribution >= 0.6 is 11.6 Å². The lowest BCUT2D eigenvalue weighted by atomic mass is 9.99. The standard InChI is InChI=1S/C12H12ClNO2/c1-7(2)11(15)10-6-8(13)4-5-9(10)12(16)14-3/h4-6H,1H2,2-3H3,(H,14,16). The van der Waals surface area contributed by atoms with Crippen LogP contribution in [0.25, 0.3) is 0 Å². The Hall–Kier alpha value is -1.61. The molecule has 4 heteroatoms. The fourth-order valence-corrected chi connectivity index (χ4v) is 1.44. The van der Waals surface area contributed by atoms with Crippen molar-refractivity contribution in [2.45, 2.75) is 6.92 Å². The van der Waals surface area contributed by atoms with Crippen molar-refractivity contribution in [2.75, 3.05) is 7.05 Å². The van der Waals surface area contributed by atoms with E-state index in [9.17, 15) is 9.59 Å². The Labute approximate surface area is 99.1 Å². The Bertz CT molecular complexity index is 466. The van der Waals surface area contributed by atoms with Crippen molar-refractivity contribution >= 4 is 23.3 Å². The Kier molecular flexibility index (Phi) is 3.85. The van der Waals surface area contributed by atoms with E-state index >= 15 is 0 Å². The van der Waals surface area contributed by atoms with Gasteiger partial charge in [0.2, 0.25) is 0 Å². The molecule has 0 fully saturated rings. The summed E-state index contributed by atoms with van der Waals surface area (Å²) < 4.78 is 0. The molecule has 0 bridgehead atoms. The van der Waals surface area contributed by atoms with Crippen LogP contribution in [0.3, 0.4) is 0 Å². The Morgan fingerprint density at radius 3 is 2.44 bits per heavy atom. The van der Waals surface area contributed by atoms with Gasteiger partial charge in [0.15, 0.2) is 5.78 Å². The topological polar surface area (TPSA) is 46.2 Å². The minimum atomic E-state index is -0.318. The molecule has 0 atom stereocenters. The maximum atomic E-state index is 11.8. The summed E-state index contributed by atoms with van der Waals surface area (Å²) in [4.78, 5) is 23.3. The van der Waals surface area contributed by atoms with Gasteiger partial charge in [0, 0.05) is 17.6 Å². The van der Waals surface area contributed by atoms with Crippen LogP contribution in [0.2, 0.25) is 5.02 Å². The lowest BCUT2D eigenvalue weighted by Gasteiger charge is -2.07. The van der Waals surface area contributed by atoms with Crippen LogP contribution in [0.4, 0.5) is 0 Å². The van der Waals surface area contributed by atoms with Crippen molar-refractivity contribution < 1.29 is 9.59 Å². The third kappa shape index (κ3) is 2.49. The molecule has 0 saturated carbocycles. The van der Waals surface area contributed by atoms with Crippen LogP contribution < -0.4 is 5.32 Å². The number of nitrogens with one attached hydrogen (secondary N) is 1. The van der Waals surface area contributed by atoms with Crippen molar-refractivity contribution in [2.24, 2.45) is 0 Å². The highest BCUT2D eigenvalue weighted by molar-refractivity contribution is 6.31. The molecule has 0 radical (unpaired) electrons. The van der Waals surface area contributed by atoms with E-state index in [4.69, 9.17) is 11.6 Å². The molecule has 0 heterocycles. The van der Waals surface area contributed by atoms with Crippen molar-refractivity contribution in [1.29, 1.82) is 0 Å². The van der Waals surface area contributed by atoms with Gasteiger partial charge in [-0.1, -0.05) is 18.2 Å². The third-order valence-corrected chi connectivity index (χ3v) is 2.32. The lowest BCUT2D eigenvalue weighted by molar-refractivity contribution is 0.0950. The molecule has 1 aromatic carbocycles. The molecule has 0 unspecified atom stereocenters. The first-order valence-electron chi connectivity index (χ1n) is 4.69. The molecule has 84 valence electrons. The van der Waals surface area contributed by atoms with E-state index in [1.807, 2.05) is 0 Å². The number of allylic oxidation sites excluding steroid dienone is 1. The summed E-state index contributed by atoms with van der Waals surface area (Å²) in [5.74, 6) is -0.595. The summed E-state index contributed by atoms with van der Waals surface area (Å²) in [6.45, 7) is 5.16. The van der Waals surface area contributed by atoms with E-state index in [2.05, 4.69) is 11.9 Å². The first kappa shape index (κ1) is 12.5. The van der Waals surface area contributed by atoms with Gasteiger partial charge in [0.25, 0.3) is 5.91 Å². The molecule has 1 rings (SSSR count). The van der Waals surface area contributed by atoms with Gasteiger partial charge in [-0.05, 0) is 30.7 Å². The summed E-state index contributed by atoms with van der Waals surface area (Å²) in [6, 6.07) is 4.57. The van der Waals surface area contributed by atoms with Crippen LogP contribution in [-0.4, -0.2) is 18.7 Å². The molecule has 1 N–H and O–H groups in total. The van der Waals surface area contributed by atoms with Gasteiger partial charge in [0.1, 0.15) is 0 Å². The highest BCUT2D eigenvalue weighted by atomic mass is 35.5. The second kappa shape index (κ2) is 4.94. The van der Waals surface area contributed by atoms with Crippen molar-refractivity contribution in [1.82, 2.24) is 5.32 Å². The fraction of sp³-hybridized carbons (Fsp3) is 0.167. The lowest BCUT2D eigenvalue weighted by Crippen LogP contribution is -2.21.